The molecule has 1 aromatic rings. The van der Waals surface area contributed by atoms with Crippen LogP contribution in [0.1, 0.15) is 77.2 Å². The predicted octanol–water partition coefficient (Wildman–Crippen LogP) is 4.78. The largest absolute Gasteiger partial charge is 0.490 e. The Morgan fingerprint density at radius 2 is 1.81 bits per heavy atom. The smallest absolute Gasteiger partial charge is 0.326 e. The summed E-state index contributed by atoms with van der Waals surface area (Å²) in [4.78, 5) is 12.0. The maximum absolute atomic E-state index is 12.0. The molecule has 0 aliphatic heterocycles. The molecule has 0 saturated heterocycles. The molecule has 1 aliphatic carbocycles. The highest BCUT2D eigenvalue weighted by Crippen LogP contribution is 2.32. The Kier molecular flexibility index (Phi) is 8.43. The van der Waals surface area contributed by atoms with Gasteiger partial charge in [-0.25, -0.2) is 0 Å². The van der Waals surface area contributed by atoms with E-state index in [1.165, 1.54) is 44.1 Å². The minimum atomic E-state index is -0.890. The molecule has 2 atom stereocenters. The number of esters is 1. The summed E-state index contributed by atoms with van der Waals surface area (Å²) in [6.07, 6.45) is 11.0. The molecule has 2 N–H and O–H groups in total. The van der Waals surface area contributed by atoms with Crippen molar-refractivity contribution in [2.45, 2.75) is 89.7 Å². The average molecular weight is 362 g/mol. The number of hydrogen-bond acceptors (Lipinski definition) is 4. The lowest BCUT2D eigenvalue weighted by molar-refractivity contribution is -0.149. The van der Waals surface area contributed by atoms with Gasteiger partial charge >= 0.3 is 5.97 Å². The Bertz CT molecular complexity index is 543. The third kappa shape index (κ3) is 6.31. The molecule has 1 saturated carbocycles. The standard InChI is InChI=1S/C22H35NO3/c1-3-5-6-7-8-9-10-18-11-13-19(14-12-18)26-20-15-16-22(23,17-20)21(24)25-4-2/h11-14,20H,3-10,15-17,23H2,1-2H3. The Labute approximate surface area is 158 Å². The number of rotatable bonds is 11. The van der Waals surface area contributed by atoms with Gasteiger partial charge in [-0.3, -0.25) is 4.79 Å². The third-order valence-corrected chi connectivity index (χ3v) is 5.23. The van der Waals surface area contributed by atoms with Gasteiger partial charge in [0.25, 0.3) is 0 Å². The van der Waals surface area contributed by atoms with Gasteiger partial charge in [0.1, 0.15) is 17.4 Å². The van der Waals surface area contributed by atoms with Crippen molar-refractivity contribution < 1.29 is 14.3 Å². The summed E-state index contributed by atoms with van der Waals surface area (Å²) in [7, 11) is 0. The molecule has 1 aromatic carbocycles. The molecule has 4 heteroatoms. The van der Waals surface area contributed by atoms with E-state index in [0.717, 1.165) is 18.6 Å². The molecular formula is C22H35NO3. The zero-order valence-electron chi connectivity index (χ0n) is 16.5. The van der Waals surface area contributed by atoms with Crippen molar-refractivity contribution in [1.82, 2.24) is 0 Å². The fourth-order valence-electron chi connectivity index (χ4n) is 3.63. The van der Waals surface area contributed by atoms with Crippen LogP contribution in [0.15, 0.2) is 24.3 Å². The molecule has 0 heterocycles. The van der Waals surface area contributed by atoms with Crippen molar-refractivity contribution in [2.75, 3.05) is 6.61 Å². The minimum Gasteiger partial charge on any atom is -0.490 e. The highest BCUT2D eigenvalue weighted by Gasteiger charge is 2.44. The van der Waals surface area contributed by atoms with Crippen LogP contribution in [0.2, 0.25) is 0 Å². The number of nitrogens with two attached hydrogens (primary N) is 1. The summed E-state index contributed by atoms with van der Waals surface area (Å²) in [5.41, 5.74) is 6.67. The van der Waals surface area contributed by atoms with Crippen LogP contribution in [0, 0.1) is 0 Å². The van der Waals surface area contributed by atoms with Crippen LogP contribution in [-0.2, 0) is 16.0 Å². The monoisotopic (exact) mass is 361 g/mol. The van der Waals surface area contributed by atoms with Gasteiger partial charge in [0.2, 0.25) is 0 Å². The molecule has 0 aromatic heterocycles. The molecule has 2 unspecified atom stereocenters. The van der Waals surface area contributed by atoms with Gasteiger partial charge in [-0.15, -0.1) is 0 Å². The summed E-state index contributed by atoms with van der Waals surface area (Å²) in [6, 6.07) is 8.37. The van der Waals surface area contributed by atoms with E-state index < -0.39 is 5.54 Å². The van der Waals surface area contributed by atoms with Crippen molar-refractivity contribution in [3.63, 3.8) is 0 Å². The number of carbonyl (C=O) groups is 1. The van der Waals surface area contributed by atoms with Gasteiger partial charge in [-0.2, -0.15) is 0 Å². The molecule has 146 valence electrons. The number of carbonyl (C=O) groups excluding carboxylic acids is 1. The van der Waals surface area contributed by atoms with Gasteiger partial charge in [-0.05, 0) is 50.3 Å². The van der Waals surface area contributed by atoms with E-state index in [1.807, 2.05) is 12.1 Å². The summed E-state index contributed by atoms with van der Waals surface area (Å²) >= 11 is 0. The van der Waals surface area contributed by atoms with Crippen molar-refractivity contribution in [3.05, 3.63) is 29.8 Å². The van der Waals surface area contributed by atoms with Crippen LogP contribution >= 0.6 is 0 Å². The number of ether oxygens (including phenoxy) is 2. The zero-order chi connectivity index (χ0) is 18.8. The van der Waals surface area contributed by atoms with Crippen LogP contribution < -0.4 is 10.5 Å². The van der Waals surface area contributed by atoms with E-state index in [2.05, 4.69) is 19.1 Å². The second-order valence-electron chi connectivity index (χ2n) is 7.52. The molecular weight excluding hydrogens is 326 g/mol. The lowest BCUT2D eigenvalue weighted by atomic mass is 9.99. The van der Waals surface area contributed by atoms with Crippen molar-refractivity contribution in [3.8, 4) is 5.75 Å². The first-order valence-corrected chi connectivity index (χ1v) is 10.3. The zero-order valence-corrected chi connectivity index (χ0v) is 16.5. The molecule has 0 amide bonds. The summed E-state index contributed by atoms with van der Waals surface area (Å²) in [5.74, 6) is 0.551. The molecule has 1 aliphatic rings. The van der Waals surface area contributed by atoms with Gasteiger partial charge in [0.05, 0.1) is 6.61 Å². The number of aryl methyl sites for hydroxylation is 1. The van der Waals surface area contributed by atoms with Gasteiger partial charge in [0.15, 0.2) is 0 Å². The molecule has 2 rings (SSSR count). The number of unbranched alkanes of at least 4 members (excludes halogenated alkanes) is 5. The Morgan fingerprint density at radius 1 is 1.12 bits per heavy atom. The molecule has 4 nitrogen and oxygen atoms in total. The van der Waals surface area contributed by atoms with Gasteiger partial charge in [0, 0.05) is 6.42 Å². The van der Waals surface area contributed by atoms with E-state index >= 15 is 0 Å². The first-order chi connectivity index (χ1) is 12.6. The Balaban J connectivity index is 1.73. The summed E-state index contributed by atoms with van der Waals surface area (Å²) < 4.78 is 11.1. The summed E-state index contributed by atoms with van der Waals surface area (Å²) in [6.45, 7) is 4.42. The van der Waals surface area contributed by atoms with Crippen LogP contribution in [0.25, 0.3) is 0 Å². The van der Waals surface area contributed by atoms with Crippen molar-refractivity contribution in [1.29, 1.82) is 0 Å². The normalized spacial score (nSPS) is 22.3. The number of benzene rings is 1. The molecule has 0 bridgehead atoms. The minimum absolute atomic E-state index is 0.0196. The third-order valence-electron chi connectivity index (χ3n) is 5.23. The van der Waals surface area contributed by atoms with E-state index in [-0.39, 0.29) is 12.1 Å². The Hall–Kier alpha value is -1.55. The van der Waals surface area contributed by atoms with Crippen LogP contribution in [0.3, 0.4) is 0 Å². The van der Waals surface area contributed by atoms with Crippen molar-refractivity contribution in [2.24, 2.45) is 5.73 Å². The molecule has 1 fully saturated rings. The van der Waals surface area contributed by atoms with Crippen LogP contribution in [0.5, 0.6) is 5.75 Å². The van der Waals surface area contributed by atoms with E-state index in [9.17, 15) is 4.79 Å². The van der Waals surface area contributed by atoms with Gasteiger partial charge < -0.3 is 15.2 Å². The quantitative estimate of drug-likeness (QED) is 0.455. The van der Waals surface area contributed by atoms with E-state index in [4.69, 9.17) is 15.2 Å². The molecule has 26 heavy (non-hydrogen) atoms. The highest BCUT2D eigenvalue weighted by molar-refractivity contribution is 5.81. The fraction of sp³-hybridized carbons (Fsp3) is 0.682. The second-order valence-corrected chi connectivity index (χ2v) is 7.52. The lowest BCUT2D eigenvalue weighted by Gasteiger charge is -2.21. The first-order valence-electron chi connectivity index (χ1n) is 10.3. The first kappa shape index (κ1) is 20.8. The van der Waals surface area contributed by atoms with E-state index in [1.54, 1.807) is 6.92 Å². The maximum atomic E-state index is 12.0. The van der Waals surface area contributed by atoms with Crippen LogP contribution in [0.4, 0.5) is 0 Å². The topological polar surface area (TPSA) is 61.5 Å². The van der Waals surface area contributed by atoms with Gasteiger partial charge in [-0.1, -0.05) is 51.2 Å². The van der Waals surface area contributed by atoms with Crippen molar-refractivity contribution >= 4 is 5.97 Å². The lowest BCUT2D eigenvalue weighted by Crippen LogP contribution is -2.47. The summed E-state index contributed by atoms with van der Waals surface area (Å²) in [5, 5.41) is 0. The average Bonchev–Trinajstić information content (AvgIpc) is 3.02. The second kappa shape index (κ2) is 10.6. The maximum Gasteiger partial charge on any atom is 0.326 e. The predicted molar refractivity (Wildman–Crippen MR) is 105 cm³/mol. The van der Waals surface area contributed by atoms with Crippen LogP contribution in [-0.4, -0.2) is 24.2 Å². The SMILES string of the molecule is CCCCCCCCc1ccc(OC2CCC(N)(C(=O)OCC)C2)cc1. The Morgan fingerprint density at radius 3 is 2.50 bits per heavy atom. The van der Waals surface area contributed by atoms with E-state index in [0.29, 0.717) is 19.4 Å². The fourth-order valence-corrected chi connectivity index (χ4v) is 3.63. The highest BCUT2D eigenvalue weighted by atomic mass is 16.5. The molecule has 0 spiro atoms. The molecule has 0 radical (unpaired) electrons. The number of hydrogen-bond donors (Lipinski definition) is 1.